The fourth-order valence-electron chi connectivity index (χ4n) is 1.92. The van der Waals surface area contributed by atoms with Gasteiger partial charge in [-0.25, -0.2) is 9.37 Å². The van der Waals surface area contributed by atoms with Crippen LogP contribution < -0.4 is 10.6 Å². The summed E-state index contributed by atoms with van der Waals surface area (Å²) in [5, 5.41) is 5.65. The molecule has 1 aromatic rings. The number of carbonyl (C=O) groups excluding carboxylic acids is 1. The Labute approximate surface area is 105 Å². The van der Waals surface area contributed by atoms with Crippen LogP contribution in [0.25, 0.3) is 0 Å². The molecule has 6 heteroatoms. The molecule has 0 radical (unpaired) electrons. The first kappa shape index (κ1) is 12.8. The number of halogens is 1. The highest BCUT2D eigenvalue weighted by Gasteiger charge is 2.19. The number of amides is 1. The lowest BCUT2D eigenvalue weighted by atomic mass is 10.1. The number of aromatic nitrogens is 1. The Morgan fingerprint density at radius 2 is 2.22 bits per heavy atom. The number of nitrogens with one attached hydrogen (secondary N) is 2. The van der Waals surface area contributed by atoms with Gasteiger partial charge in [0.05, 0.1) is 11.8 Å². The molecule has 1 fully saturated rings. The highest BCUT2D eigenvalue weighted by Crippen LogP contribution is 2.14. The van der Waals surface area contributed by atoms with E-state index in [1.165, 1.54) is 6.07 Å². The molecule has 0 unspecified atom stereocenters. The van der Waals surface area contributed by atoms with E-state index in [1.54, 1.807) is 7.05 Å². The van der Waals surface area contributed by atoms with E-state index >= 15 is 0 Å². The maximum Gasteiger partial charge on any atom is 0.255 e. The molecule has 1 aliphatic rings. The van der Waals surface area contributed by atoms with Gasteiger partial charge in [-0.15, -0.1) is 0 Å². The van der Waals surface area contributed by atoms with Crippen LogP contribution in [0.15, 0.2) is 12.3 Å². The summed E-state index contributed by atoms with van der Waals surface area (Å²) in [4.78, 5) is 15.9. The quantitative estimate of drug-likeness (QED) is 0.849. The third-order valence-corrected chi connectivity index (χ3v) is 2.89. The molecule has 98 valence electrons. The maximum absolute atomic E-state index is 13.1. The second kappa shape index (κ2) is 5.77. The van der Waals surface area contributed by atoms with Gasteiger partial charge in [0, 0.05) is 26.3 Å². The summed E-state index contributed by atoms with van der Waals surface area (Å²) in [6.07, 6.45) is 2.64. The van der Waals surface area contributed by atoms with E-state index in [1.807, 2.05) is 0 Å². The molecule has 5 nitrogen and oxygen atoms in total. The van der Waals surface area contributed by atoms with Crippen molar-refractivity contribution in [1.82, 2.24) is 10.3 Å². The Hall–Kier alpha value is -1.69. The van der Waals surface area contributed by atoms with Gasteiger partial charge >= 0.3 is 0 Å². The maximum atomic E-state index is 13.1. The van der Waals surface area contributed by atoms with Gasteiger partial charge in [-0.2, -0.15) is 0 Å². The Morgan fingerprint density at radius 3 is 2.89 bits per heavy atom. The Kier molecular flexibility index (Phi) is 4.09. The first-order valence-electron chi connectivity index (χ1n) is 5.92. The summed E-state index contributed by atoms with van der Waals surface area (Å²) in [7, 11) is 1.64. The number of nitrogens with zero attached hydrogens (tertiary/aromatic N) is 1. The second-order valence-electron chi connectivity index (χ2n) is 4.16. The van der Waals surface area contributed by atoms with Crippen LogP contribution in [0.1, 0.15) is 23.2 Å². The van der Waals surface area contributed by atoms with E-state index < -0.39 is 5.82 Å². The summed E-state index contributed by atoms with van der Waals surface area (Å²) >= 11 is 0. The summed E-state index contributed by atoms with van der Waals surface area (Å²) in [5.41, 5.74) is 0.226. The topological polar surface area (TPSA) is 63.2 Å². The lowest BCUT2D eigenvalue weighted by Crippen LogP contribution is -2.39. The average molecular weight is 253 g/mol. The smallest absolute Gasteiger partial charge is 0.255 e. The van der Waals surface area contributed by atoms with Crippen LogP contribution in [0, 0.1) is 5.82 Å². The molecule has 1 amide bonds. The van der Waals surface area contributed by atoms with Crippen molar-refractivity contribution in [3.05, 3.63) is 23.6 Å². The minimum Gasteiger partial charge on any atom is -0.381 e. The summed E-state index contributed by atoms with van der Waals surface area (Å²) < 4.78 is 18.3. The largest absolute Gasteiger partial charge is 0.381 e. The van der Waals surface area contributed by atoms with Gasteiger partial charge in [0.2, 0.25) is 0 Å². The van der Waals surface area contributed by atoms with Crippen LogP contribution in [0.3, 0.4) is 0 Å². The molecule has 2 heterocycles. The van der Waals surface area contributed by atoms with Crippen LogP contribution in [-0.4, -0.2) is 37.2 Å². The second-order valence-corrected chi connectivity index (χ2v) is 4.16. The molecule has 0 saturated carbocycles. The van der Waals surface area contributed by atoms with Gasteiger partial charge in [-0.05, 0) is 18.9 Å². The molecule has 2 N–H and O–H groups in total. The third kappa shape index (κ3) is 2.95. The molecule has 0 aromatic carbocycles. The van der Waals surface area contributed by atoms with Crippen molar-refractivity contribution in [2.45, 2.75) is 18.9 Å². The van der Waals surface area contributed by atoms with Gasteiger partial charge in [0.1, 0.15) is 11.6 Å². The van der Waals surface area contributed by atoms with Crippen LogP contribution in [0.4, 0.5) is 10.2 Å². The van der Waals surface area contributed by atoms with Crippen molar-refractivity contribution in [1.29, 1.82) is 0 Å². The number of pyridine rings is 1. The number of carbonyl (C=O) groups is 1. The van der Waals surface area contributed by atoms with Crippen molar-refractivity contribution in [2.24, 2.45) is 0 Å². The van der Waals surface area contributed by atoms with Crippen molar-refractivity contribution in [2.75, 3.05) is 25.6 Å². The zero-order valence-corrected chi connectivity index (χ0v) is 10.2. The summed E-state index contributed by atoms with van der Waals surface area (Å²) in [6, 6.07) is 1.27. The van der Waals surface area contributed by atoms with Crippen LogP contribution in [-0.2, 0) is 4.74 Å². The van der Waals surface area contributed by atoms with Gasteiger partial charge in [0.15, 0.2) is 0 Å². The third-order valence-electron chi connectivity index (χ3n) is 2.89. The van der Waals surface area contributed by atoms with Crippen LogP contribution in [0.2, 0.25) is 0 Å². The fraction of sp³-hybridized carbons (Fsp3) is 0.500. The Morgan fingerprint density at radius 1 is 1.50 bits per heavy atom. The SMILES string of the molecule is CNc1ncc(F)cc1C(=O)NC1CCOCC1. The van der Waals surface area contributed by atoms with Gasteiger partial charge in [0.25, 0.3) is 5.91 Å². The van der Waals surface area contributed by atoms with Gasteiger partial charge in [-0.1, -0.05) is 0 Å². The number of hydrogen-bond acceptors (Lipinski definition) is 4. The lowest BCUT2D eigenvalue weighted by molar-refractivity contribution is 0.0696. The lowest BCUT2D eigenvalue weighted by Gasteiger charge is -2.23. The van der Waals surface area contributed by atoms with E-state index in [9.17, 15) is 9.18 Å². The van der Waals surface area contributed by atoms with Crippen molar-refractivity contribution in [3.8, 4) is 0 Å². The van der Waals surface area contributed by atoms with Crippen molar-refractivity contribution in [3.63, 3.8) is 0 Å². The van der Waals surface area contributed by atoms with Gasteiger partial charge < -0.3 is 15.4 Å². The van der Waals surface area contributed by atoms with E-state index in [0.29, 0.717) is 19.0 Å². The monoisotopic (exact) mass is 253 g/mol. The minimum absolute atomic E-state index is 0.0826. The average Bonchev–Trinajstić information content (AvgIpc) is 2.40. The summed E-state index contributed by atoms with van der Waals surface area (Å²) in [6.45, 7) is 1.29. The van der Waals surface area contributed by atoms with E-state index in [-0.39, 0.29) is 17.5 Å². The zero-order chi connectivity index (χ0) is 13.0. The molecular weight excluding hydrogens is 237 g/mol. The highest BCUT2D eigenvalue weighted by atomic mass is 19.1. The van der Waals surface area contributed by atoms with E-state index in [2.05, 4.69) is 15.6 Å². The molecule has 0 aliphatic carbocycles. The van der Waals surface area contributed by atoms with Gasteiger partial charge in [-0.3, -0.25) is 4.79 Å². The molecule has 0 atom stereocenters. The molecular formula is C12H16FN3O2. The first-order valence-corrected chi connectivity index (χ1v) is 5.92. The molecule has 1 aliphatic heterocycles. The molecule has 1 aromatic heterocycles. The standard InChI is InChI=1S/C12H16FN3O2/c1-14-11-10(6-8(13)7-15-11)12(17)16-9-2-4-18-5-3-9/h6-7,9H,2-5H2,1H3,(H,14,15)(H,16,17). The first-order chi connectivity index (χ1) is 8.70. The number of hydrogen-bond donors (Lipinski definition) is 2. The van der Waals surface area contributed by atoms with Crippen LogP contribution >= 0.6 is 0 Å². The predicted molar refractivity (Wildman–Crippen MR) is 65.0 cm³/mol. The zero-order valence-electron chi connectivity index (χ0n) is 10.2. The minimum atomic E-state index is -0.522. The molecule has 1 saturated heterocycles. The predicted octanol–water partition coefficient (Wildman–Crippen LogP) is 1.17. The normalized spacial score (nSPS) is 16.3. The summed E-state index contributed by atoms with van der Waals surface area (Å²) in [5.74, 6) is -0.453. The Bertz CT molecular complexity index is 433. The van der Waals surface area contributed by atoms with Crippen molar-refractivity contribution < 1.29 is 13.9 Å². The molecule has 0 spiro atoms. The number of ether oxygens (including phenoxy) is 1. The molecule has 2 rings (SSSR count). The van der Waals surface area contributed by atoms with Crippen LogP contribution in [0.5, 0.6) is 0 Å². The molecule has 0 bridgehead atoms. The van der Waals surface area contributed by atoms with Crippen molar-refractivity contribution >= 4 is 11.7 Å². The number of rotatable bonds is 3. The van der Waals surface area contributed by atoms with E-state index in [4.69, 9.17) is 4.74 Å². The van der Waals surface area contributed by atoms with E-state index in [0.717, 1.165) is 19.0 Å². The fourth-order valence-corrected chi connectivity index (χ4v) is 1.92. The highest BCUT2D eigenvalue weighted by molar-refractivity contribution is 5.98. The Balaban J connectivity index is 2.09. The molecule has 18 heavy (non-hydrogen) atoms. The number of anilines is 1.